The van der Waals surface area contributed by atoms with Gasteiger partial charge in [-0.1, -0.05) is 30.3 Å². The monoisotopic (exact) mass is 349 g/mol. The Labute approximate surface area is 132 Å². The minimum Gasteiger partial charge on any atom is -0.304 e. The van der Waals surface area contributed by atoms with Crippen molar-refractivity contribution in [3.05, 3.63) is 35.9 Å². The lowest BCUT2D eigenvalue weighted by atomic mass is 10.1. The molecule has 122 valence electrons. The molecule has 0 fully saturated rings. The SMILES string of the molecule is CCOP(=O)(OCC)C(F)(F)C1=N[C@H](c2ccccc2)CS1. The molecule has 0 bridgehead atoms. The van der Waals surface area contributed by atoms with Gasteiger partial charge in [0.1, 0.15) is 0 Å². The number of hydrogen-bond acceptors (Lipinski definition) is 5. The van der Waals surface area contributed by atoms with E-state index in [9.17, 15) is 13.3 Å². The summed E-state index contributed by atoms with van der Waals surface area (Å²) in [7, 11) is -4.57. The first-order valence-corrected chi connectivity index (χ1v) is 9.50. The fourth-order valence-corrected chi connectivity index (χ4v) is 4.90. The van der Waals surface area contributed by atoms with Crippen molar-refractivity contribution in [3.63, 3.8) is 0 Å². The molecule has 0 amide bonds. The van der Waals surface area contributed by atoms with Crippen molar-refractivity contribution in [2.24, 2.45) is 4.99 Å². The molecule has 4 nitrogen and oxygen atoms in total. The van der Waals surface area contributed by atoms with Crippen molar-refractivity contribution < 1.29 is 22.4 Å². The highest BCUT2D eigenvalue weighted by Gasteiger charge is 2.58. The Morgan fingerprint density at radius 1 is 1.27 bits per heavy atom. The maximum atomic E-state index is 14.6. The highest BCUT2D eigenvalue weighted by molar-refractivity contribution is 8.15. The third-order valence-electron chi connectivity index (χ3n) is 3.03. The van der Waals surface area contributed by atoms with Gasteiger partial charge in [0, 0.05) is 5.75 Å². The number of benzene rings is 1. The van der Waals surface area contributed by atoms with Crippen LogP contribution in [0.5, 0.6) is 0 Å². The van der Waals surface area contributed by atoms with Gasteiger partial charge in [0.05, 0.1) is 19.3 Å². The van der Waals surface area contributed by atoms with E-state index in [4.69, 9.17) is 9.05 Å². The van der Waals surface area contributed by atoms with E-state index in [-0.39, 0.29) is 19.3 Å². The van der Waals surface area contributed by atoms with E-state index >= 15 is 0 Å². The maximum Gasteiger partial charge on any atom is 0.406 e. The molecule has 0 aromatic heterocycles. The first kappa shape index (κ1) is 17.6. The first-order valence-electron chi connectivity index (χ1n) is 6.97. The van der Waals surface area contributed by atoms with Gasteiger partial charge >= 0.3 is 13.3 Å². The summed E-state index contributed by atoms with van der Waals surface area (Å²) in [6, 6.07) is 8.81. The van der Waals surface area contributed by atoms with E-state index in [2.05, 4.69) is 4.99 Å². The molecule has 1 aliphatic rings. The molecule has 0 saturated carbocycles. The summed E-state index contributed by atoms with van der Waals surface area (Å²) >= 11 is 0.899. The van der Waals surface area contributed by atoms with Gasteiger partial charge in [-0.2, -0.15) is 8.78 Å². The molecular weight excluding hydrogens is 331 g/mol. The zero-order valence-electron chi connectivity index (χ0n) is 12.4. The van der Waals surface area contributed by atoms with Gasteiger partial charge in [-0.05, 0) is 19.4 Å². The molecule has 0 N–H and O–H groups in total. The van der Waals surface area contributed by atoms with Gasteiger partial charge < -0.3 is 9.05 Å². The molecule has 1 atom stereocenters. The molecule has 8 heteroatoms. The minimum atomic E-state index is -4.57. The molecule has 1 aromatic carbocycles. The lowest BCUT2D eigenvalue weighted by molar-refractivity contribution is 0.0969. The second kappa shape index (κ2) is 7.21. The van der Waals surface area contributed by atoms with Crippen molar-refractivity contribution in [1.29, 1.82) is 0 Å². The number of alkyl halides is 2. The molecule has 0 unspecified atom stereocenters. The van der Waals surface area contributed by atoms with Crippen LogP contribution in [0.25, 0.3) is 0 Å². The molecule has 0 aliphatic carbocycles. The summed E-state index contributed by atoms with van der Waals surface area (Å²) in [5, 5.41) is -0.480. The maximum absolute atomic E-state index is 14.6. The van der Waals surface area contributed by atoms with Gasteiger partial charge in [0.25, 0.3) is 0 Å². The van der Waals surface area contributed by atoms with E-state index in [1.807, 2.05) is 30.3 Å². The first-order chi connectivity index (χ1) is 10.4. The van der Waals surface area contributed by atoms with Gasteiger partial charge in [-0.15, -0.1) is 11.8 Å². The van der Waals surface area contributed by atoms with Crippen LogP contribution in [0.1, 0.15) is 25.5 Å². The average Bonchev–Trinajstić information content (AvgIpc) is 2.99. The highest BCUT2D eigenvalue weighted by atomic mass is 32.2. The normalized spacial score (nSPS) is 19.3. The van der Waals surface area contributed by atoms with Crippen LogP contribution >= 0.6 is 19.4 Å². The fraction of sp³-hybridized carbons (Fsp3) is 0.500. The van der Waals surface area contributed by atoms with Crippen molar-refractivity contribution >= 4 is 24.4 Å². The van der Waals surface area contributed by atoms with Crippen molar-refractivity contribution in [1.82, 2.24) is 0 Å². The lowest BCUT2D eigenvalue weighted by Crippen LogP contribution is -2.27. The third-order valence-corrected chi connectivity index (χ3v) is 6.40. The van der Waals surface area contributed by atoms with E-state index in [1.54, 1.807) is 0 Å². The van der Waals surface area contributed by atoms with Crippen molar-refractivity contribution in [2.45, 2.75) is 25.6 Å². The molecule has 1 heterocycles. The van der Waals surface area contributed by atoms with Crippen LogP contribution in [0.2, 0.25) is 0 Å². The highest BCUT2D eigenvalue weighted by Crippen LogP contribution is 2.64. The van der Waals surface area contributed by atoms with E-state index < -0.39 is 18.3 Å². The number of hydrogen-bond donors (Lipinski definition) is 0. The summed E-state index contributed by atoms with van der Waals surface area (Å²) in [6.07, 6.45) is 0. The van der Waals surface area contributed by atoms with Crippen LogP contribution in [0.3, 0.4) is 0 Å². The number of thioether (sulfide) groups is 1. The van der Waals surface area contributed by atoms with Crippen LogP contribution < -0.4 is 0 Å². The van der Waals surface area contributed by atoms with Crippen molar-refractivity contribution in [3.8, 4) is 0 Å². The fourth-order valence-electron chi connectivity index (χ4n) is 2.04. The molecule has 0 radical (unpaired) electrons. The number of halogens is 2. The number of nitrogens with zero attached hydrogens (tertiary/aromatic N) is 1. The smallest absolute Gasteiger partial charge is 0.304 e. The predicted octanol–water partition coefficient (Wildman–Crippen LogP) is 4.73. The largest absolute Gasteiger partial charge is 0.406 e. The zero-order chi connectivity index (χ0) is 16.2. The zero-order valence-corrected chi connectivity index (χ0v) is 14.1. The molecule has 22 heavy (non-hydrogen) atoms. The van der Waals surface area contributed by atoms with Gasteiger partial charge in [0.2, 0.25) is 0 Å². The minimum absolute atomic E-state index is 0.118. The van der Waals surface area contributed by atoms with Crippen LogP contribution in [0.15, 0.2) is 35.3 Å². The Hall–Kier alpha value is -0.750. The molecule has 1 aliphatic heterocycles. The molecule has 2 rings (SSSR count). The number of aliphatic imine (C=N–C) groups is 1. The van der Waals surface area contributed by atoms with Crippen LogP contribution in [-0.4, -0.2) is 29.7 Å². The van der Waals surface area contributed by atoms with Crippen LogP contribution in [0.4, 0.5) is 8.78 Å². The molecular formula is C14H18F2NO3PS. The van der Waals surface area contributed by atoms with Crippen LogP contribution in [0, 0.1) is 0 Å². The second-order valence-electron chi connectivity index (χ2n) is 4.55. The Bertz CT molecular complexity index is 573. The summed E-state index contributed by atoms with van der Waals surface area (Å²) < 4.78 is 51.1. The van der Waals surface area contributed by atoms with Gasteiger partial charge in [-0.25, -0.2) is 0 Å². The van der Waals surface area contributed by atoms with Crippen LogP contribution in [-0.2, 0) is 13.6 Å². The summed E-state index contributed by atoms with van der Waals surface area (Å²) in [5.74, 6) is 0.382. The van der Waals surface area contributed by atoms with E-state index in [1.165, 1.54) is 13.8 Å². The molecule has 0 saturated heterocycles. The summed E-state index contributed by atoms with van der Waals surface area (Å²) in [6.45, 7) is 2.76. The van der Waals surface area contributed by atoms with E-state index in [0.717, 1.165) is 17.3 Å². The van der Waals surface area contributed by atoms with Gasteiger partial charge in [0.15, 0.2) is 5.04 Å². The quantitative estimate of drug-likeness (QED) is 0.668. The Morgan fingerprint density at radius 2 is 1.86 bits per heavy atom. The second-order valence-corrected chi connectivity index (χ2v) is 7.63. The molecule has 1 aromatic rings. The summed E-state index contributed by atoms with van der Waals surface area (Å²) in [4.78, 5) is 4.06. The van der Waals surface area contributed by atoms with Crippen molar-refractivity contribution in [2.75, 3.05) is 19.0 Å². The number of rotatable bonds is 7. The standard InChI is InChI=1S/C14H18F2NO3PS/c1-3-19-21(18,20-4-2)14(15,16)13-17-12(10-22-13)11-8-6-5-7-9-11/h5-9,12H,3-4,10H2,1-2H3/t12-/m0/s1. The Balaban J connectivity index is 2.27. The van der Waals surface area contributed by atoms with E-state index in [0.29, 0.717) is 5.75 Å². The molecule has 0 spiro atoms. The lowest BCUT2D eigenvalue weighted by Gasteiger charge is -2.25. The Morgan fingerprint density at radius 3 is 2.41 bits per heavy atom. The van der Waals surface area contributed by atoms with Gasteiger partial charge in [-0.3, -0.25) is 9.56 Å². The Kier molecular flexibility index (Phi) is 5.77. The average molecular weight is 349 g/mol. The predicted molar refractivity (Wildman–Crippen MR) is 84.9 cm³/mol. The summed E-state index contributed by atoms with van der Waals surface area (Å²) in [5.41, 5.74) is -2.88. The third kappa shape index (κ3) is 3.43. The topological polar surface area (TPSA) is 47.9 Å².